The topological polar surface area (TPSA) is 58.4 Å². The van der Waals surface area contributed by atoms with E-state index in [0.717, 1.165) is 45.4 Å². The molecule has 0 aliphatic heterocycles. The first-order valence-corrected chi connectivity index (χ1v) is 7.61. The Hall–Kier alpha value is -1.36. The molecular weight excluding hydrogens is 254 g/mol. The molecule has 1 aliphatic rings. The Morgan fingerprint density at radius 1 is 1.45 bits per heavy atom. The molecule has 1 N–H and O–H groups in total. The van der Waals surface area contributed by atoms with E-state index in [0.29, 0.717) is 5.92 Å². The summed E-state index contributed by atoms with van der Waals surface area (Å²) in [5, 5.41) is 13.5. The number of carboxylic acids is 1. The predicted molar refractivity (Wildman–Crippen MR) is 77.7 cm³/mol. The van der Waals surface area contributed by atoms with E-state index in [4.69, 9.17) is 5.11 Å². The summed E-state index contributed by atoms with van der Waals surface area (Å²) in [4.78, 5) is 13.4. The Bertz CT molecular complexity index is 440. The number of hydrogen-bond donors (Lipinski definition) is 1. The van der Waals surface area contributed by atoms with Crippen LogP contribution in [0.2, 0.25) is 0 Å². The third-order valence-corrected chi connectivity index (χ3v) is 4.45. The second kappa shape index (κ2) is 6.88. The molecule has 5 nitrogen and oxygen atoms in total. The lowest BCUT2D eigenvalue weighted by Crippen LogP contribution is -2.27. The third kappa shape index (κ3) is 3.60. The molecule has 0 radical (unpaired) electrons. The number of carbonyl (C=O) groups is 1. The molecule has 0 spiro atoms. The van der Waals surface area contributed by atoms with Gasteiger partial charge in [0.2, 0.25) is 0 Å². The van der Waals surface area contributed by atoms with E-state index < -0.39 is 5.97 Å². The van der Waals surface area contributed by atoms with E-state index in [1.807, 2.05) is 10.9 Å². The molecule has 1 saturated carbocycles. The van der Waals surface area contributed by atoms with E-state index >= 15 is 0 Å². The lowest BCUT2D eigenvalue weighted by molar-refractivity contribution is -0.141. The number of carboxylic acid groups (broad SMARTS) is 1. The van der Waals surface area contributed by atoms with Crippen molar-refractivity contribution in [2.24, 2.45) is 5.92 Å². The molecule has 1 heterocycles. The van der Waals surface area contributed by atoms with Crippen molar-refractivity contribution in [1.29, 1.82) is 0 Å². The number of aromatic nitrogens is 2. The lowest BCUT2D eigenvalue weighted by atomic mass is 9.99. The average molecular weight is 279 g/mol. The van der Waals surface area contributed by atoms with E-state index in [1.165, 1.54) is 5.56 Å². The van der Waals surface area contributed by atoms with Crippen LogP contribution in [0.15, 0.2) is 12.4 Å². The highest BCUT2D eigenvalue weighted by atomic mass is 16.4. The zero-order valence-corrected chi connectivity index (χ0v) is 12.5. The van der Waals surface area contributed by atoms with E-state index in [9.17, 15) is 4.79 Å². The van der Waals surface area contributed by atoms with Crippen LogP contribution in [0.3, 0.4) is 0 Å². The molecule has 0 bridgehead atoms. The second-order valence-electron chi connectivity index (χ2n) is 5.61. The summed E-state index contributed by atoms with van der Waals surface area (Å²) >= 11 is 0. The standard InChI is InChI=1S/C15H25N3O2/c1-3-17(4-2)7-8-18-11-14(10-16-18)12-5-6-13(9-12)15(19)20/h10-13H,3-9H2,1-2H3,(H,19,20). The average Bonchev–Trinajstić information content (AvgIpc) is 3.08. The van der Waals surface area contributed by atoms with Crippen LogP contribution in [-0.2, 0) is 11.3 Å². The van der Waals surface area contributed by atoms with Crippen molar-refractivity contribution in [2.45, 2.75) is 45.6 Å². The lowest BCUT2D eigenvalue weighted by Gasteiger charge is -2.17. The van der Waals surface area contributed by atoms with Crippen LogP contribution < -0.4 is 0 Å². The van der Waals surface area contributed by atoms with Crippen molar-refractivity contribution in [3.05, 3.63) is 18.0 Å². The van der Waals surface area contributed by atoms with Gasteiger partial charge in [-0.3, -0.25) is 9.48 Å². The van der Waals surface area contributed by atoms with Crippen molar-refractivity contribution in [3.8, 4) is 0 Å². The number of rotatable bonds is 7. The summed E-state index contributed by atoms with van der Waals surface area (Å²) in [5.74, 6) is -0.446. The van der Waals surface area contributed by atoms with Crippen LogP contribution in [0, 0.1) is 5.92 Å². The zero-order valence-electron chi connectivity index (χ0n) is 12.5. The zero-order chi connectivity index (χ0) is 14.5. The molecule has 1 aromatic heterocycles. The molecule has 2 unspecified atom stereocenters. The molecule has 5 heteroatoms. The van der Waals surface area contributed by atoms with Gasteiger partial charge in [0.15, 0.2) is 0 Å². The minimum atomic E-state index is -0.651. The highest BCUT2D eigenvalue weighted by Crippen LogP contribution is 2.38. The normalized spacial score (nSPS) is 22.6. The fourth-order valence-electron chi connectivity index (χ4n) is 3.00. The van der Waals surface area contributed by atoms with Crippen molar-refractivity contribution < 1.29 is 9.90 Å². The molecule has 0 amide bonds. The number of aliphatic carboxylic acids is 1. The predicted octanol–water partition coefficient (Wildman–Crippen LogP) is 2.19. The van der Waals surface area contributed by atoms with E-state index in [2.05, 4.69) is 30.0 Å². The SMILES string of the molecule is CCN(CC)CCn1cc(C2CCC(C(=O)O)C2)cn1. The second-order valence-corrected chi connectivity index (χ2v) is 5.61. The summed E-state index contributed by atoms with van der Waals surface area (Å²) in [7, 11) is 0. The highest BCUT2D eigenvalue weighted by molar-refractivity contribution is 5.70. The van der Waals surface area contributed by atoms with Gasteiger partial charge in [-0.2, -0.15) is 5.10 Å². The van der Waals surface area contributed by atoms with Gasteiger partial charge in [0.05, 0.1) is 18.7 Å². The molecule has 1 aromatic rings. The highest BCUT2D eigenvalue weighted by Gasteiger charge is 2.31. The Kier molecular flexibility index (Phi) is 5.17. The van der Waals surface area contributed by atoms with Gasteiger partial charge in [-0.25, -0.2) is 0 Å². The molecule has 0 aromatic carbocycles. The van der Waals surface area contributed by atoms with Gasteiger partial charge in [-0.05, 0) is 43.8 Å². The number of likely N-dealkylation sites (N-methyl/N-ethyl adjacent to an activating group) is 1. The molecule has 112 valence electrons. The van der Waals surface area contributed by atoms with Gasteiger partial charge in [0.1, 0.15) is 0 Å². The first kappa shape index (κ1) is 15.0. The largest absolute Gasteiger partial charge is 0.481 e. The first-order chi connectivity index (χ1) is 9.63. The van der Waals surface area contributed by atoms with Crippen LogP contribution in [-0.4, -0.2) is 45.4 Å². The number of nitrogens with zero attached hydrogens (tertiary/aromatic N) is 3. The summed E-state index contributed by atoms with van der Waals surface area (Å²) in [6.07, 6.45) is 6.54. The third-order valence-electron chi connectivity index (χ3n) is 4.45. The van der Waals surface area contributed by atoms with Gasteiger partial charge < -0.3 is 10.0 Å². The summed E-state index contributed by atoms with van der Waals surface area (Å²) in [6.45, 7) is 8.37. The Morgan fingerprint density at radius 3 is 2.80 bits per heavy atom. The van der Waals surface area contributed by atoms with Crippen molar-refractivity contribution in [3.63, 3.8) is 0 Å². The maximum atomic E-state index is 11.0. The molecule has 0 saturated heterocycles. The monoisotopic (exact) mass is 279 g/mol. The maximum Gasteiger partial charge on any atom is 0.306 e. The molecule has 2 rings (SSSR count). The van der Waals surface area contributed by atoms with Crippen molar-refractivity contribution >= 4 is 5.97 Å². The van der Waals surface area contributed by atoms with Crippen molar-refractivity contribution in [2.75, 3.05) is 19.6 Å². The Labute approximate surface area is 120 Å². The first-order valence-electron chi connectivity index (χ1n) is 7.61. The van der Waals surface area contributed by atoms with E-state index in [1.54, 1.807) is 0 Å². The minimum absolute atomic E-state index is 0.168. The van der Waals surface area contributed by atoms with Gasteiger partial charge in [0.25, 0.3) is 0 Å². The van der Waals surface area contributed by atoms with Gasteiger partial charge in [0, 0.05) is 12.7 Å². The van der Waals surface area contributed by atoms with Crippen LogP contribution in [0.5, 0.6) is 0 Å². The van der Waals surface area contributed by atoms with Gasteiger partial charge in [-0.1, -0.05) is 13.8 Å². The molecule has 2 atom stereocenters. The van der Waals surface area contributed by atoms with Crippen LogP contribution in [0.25, 0.3) is 0 Å². The van der Waals surface area contributed by atoms with Gasteiger partial charge in [-0.15, -0.1) is 0 Å². The summed E-state index contributed by atoms with van der Waals surface area (Å²) < 4.78 is 1.99. The molecular formula is C15H25N3O2. The van der Waals surface area contributed by atoms with Crippen LogP contribution in [0.4, 0.5) is 0 Å². The summed E-state index contributed by atoms with van der Waals surface area (Å²) in [5.41, 5.74) is 1.20. The number of hydrogen-bond acceptors (Lipinski definition) is 3. The minimum Gasteiger partial charge on any atom is -0.481 e. The molecule has 1 aliphatic carbocycles. The fraction of sp³-hybridized carbons (Fsp3) is 0.733. The summed E-state index contributed by atoms with van der Waals surface area (Å²) in [6, 6.07) is 0. The Morgan fingerprint density at radius 2 is 2.20 bits per heavy atom. The maximum absolute atomic E-state index is 11.0. The van der Waals surface area contributed by atoms with Gasteiger partial charge >= 0.3 is 5.97 Å². The quantitative estimate of drug-likeness (QED) is 0.831. The smallest absolute Gasteiger partial charge is 0.306 e. The Balaban J connectivity index is 1.88. The molecule has 20 heavy (non-hydrogen) atoms. The van der Waals surface area contributed by atoms with Crippen LogP contribution in [0.1, 0.15) is 44.6 Å². The van der Waals surface area contributed by atoms with Crippen LogP contribution >= 0.6 is 0 Å². The van der Waals surface area contributed by atoms with Crippen molar-refractivity contribution in [1.82, 2.24) is 14.7 Å². The fourth-order valence-corrected chi connectivity index (χ4v) is 3.00. The molecule has 1 fully saturated rings. The van der Waals surface area contributed by atoms with E-state index in [-0.39, 0.29) is 5.92 Å².